The van der Waals surface area contributed by atoms with Crippen molar-refractivity contribution < 1.29 is 0 Å². The molecule has 0 spiro atoms. The highest BCUT2D eigenvalue weighted by atomic mass is 32.1. The van der Waals surface area contributed by atoms with E-state index in [0.717, 1.165) is 33.8 Å². The molecule has 4 rings (SSSR count). The molecule has 0 aliphatic heterocycles. The second-order valence-electron chi connectivity index (χ2n) is 6.56. The van der Waals surface area contributed by atoms with Crippen LogP contribution in [0.5, 0.6) is 0 Å². The summed E-state index contributed by atoms with van der Waals surface area (Å²) >= 11 is 1.67. The summed E-state index contributed by atoms with van der Waals surface area (Å²) in [4.78, 5) is 10.2. The van der Waals surface area contributed by atoms with Crippen LogP contribution in [-0.2, 0) is 0 Å². The number of nitrogens with zero attached hydrogens (tertiary/aromatic N) is 2. The summed E-state index contributed by atoms with van der Waals surface area (Å²) in [5.41, 5.74) is 0. The number of aromatic nitrogens is 2. The van der Waals surface area contributed by atoms with Gasteiger partial charge in [-0.3, -0.25) is 0 Å². The predicted molar refractivity (Wildman–Crippen MR) is 89.0 cm³/mol. The van der Waals surface area contributed by atoms with Gasteiger partial charge in [-0.05, 0) is 55.4 Å². The maximum absolute atomic E-state index is 4.64. The van der Waals surface area contributed by atoms with E-state index >= 15 is 0 Å². The monoisotopic (exact) mass is 302 g/mol. The first-order valence-electron chi connectivity index (χ1n) is 7.94. The third kappa shape index (κ3) is 2.27. The number of anilines is 2. The third-order valence-electron chi connectivity index (χ3n) is 5.35. The second-order valence-corrected chi connectivity index (χ2v) is 7.45. The Bertz CT molecular complexity index is 653. The Balaban J connectivity index is 1.60. The summed E-state index contributed by atoms with van der Waals surface area (Å²) in [5, 5.41) is 9.99. The Hall–Kier alpha value is -1.36. The Morgan fingerprint density at radius 1 is 1.29 bits per heavy atom. The molecule has 0 radical (unpaired) electrons. The largest absolute Gasteiger partial charge is 0.367 e. The van der Waals surface area contributed by atoms with Crippen LogP contribution in [0.2, 0.25) is 0 Å². The first kappa shape index (κ1) is 13.3. The number of thiophene rings is 1. The van der Waals surface area contributed by atoms with E-state index in [9.17, 15) is 0 Å². The first-order valence-corrected chi connectivity index (χ1v) is 8.82. The zero-order valence-corrected chi connectivity index (χ0v) is 13.4. The molecule has 5 heteroatoms. The van der Waals surface area contributed by atoms with Gasteiger partial charge in [0.15, 0.2) is 0 Å². The fourth-order valence-electron chi connectivity index (χ4n) is 4.31. The van der Waals surface area contributed by atoms with E-state index < -0.39 is 0 Å². The van der Waals surface area contributed by atoms with Gasteiger partial charge in [0.05, 0.1) is 5.39 Å². The van der Waals surface area contributed by atoms with Crippen molar-refractivity contribution in [3.63, 3.8) is 0 Å². The lowest BCUT2D eigenvalue weighted by atomic mass is 9.84. The molecule has 4 nitrogen and oxygen atoms in total. The van der Waals surface area contributed by atoms with Gasteiger partial charge in [0.1, 0.15) is 10.6 Å². The summed E-state index contributed by atoms with van der Waals surface area (Å²) in [5.74, 6) is 4.42. The van der Waals surface area contributed by atoms with E-state index in [-0.39, 0.29) is 0 Å². The molecular formula is C16H22N4S. The Morgan fingerprint density at radius 3 is 2.90 bits per heavy atom. The smallest absolute Gasteiger partial charge is 0.225 e. The Labute approximate surface area is 129 Å². The van der Waals surface area contributed by atoms with Crippen molar-refractivity contribution in [2.75, 3.05) is 17.7 Å². The van der Waals surface area contributed by atoms with Gasteiger partial charge in [0.25, 0.3) is 0 Å². The van der Waals surface area contributed by atoms with E-state index in [1.54, 1.807) is 11.3 Å². The minimum atomic E-state index is 0.489. The molecule has 2 aromatic rings. The van der Waals surface area contributed by atoms with Crippen molar-refractivity contribution in [3.8, 4) is 0 Å². The maximum atomic E-state index is 4.64. The van der Waals surface area contributed by atoms with Gasteiger partial charge in [-0.25, -0.2) is 4.98 Å². The van der Waals surface area contributed by atoms with Crippen molar-refractivity contribution in [1.82, 2.24) is 9.97 Å². The van der Waals surface area contributed by atoms with E-state index in [4.69, 9.17) is 0 Å². The lowest BCUT2D eigenvalue weighted by Crippen LogP contribution is -2.30. The highest BCUT2D eigenvalue weighted by molar-refractivity contribution is 7.16. The van der Waals surface area contributed by atoms with Crippen LogP contribution in [0, 0.1) is 17.8 Å². The van der Waals surface area contributed by atoms with Gasteiger partial charge in [-0.15, -0.1) is 11.3 Å². The predicted octanol–water partition coefficient (Wildman–Crippen LogP) is 3.97. The van der Waals surface area contributed by atoms with Crippen molar-refractivity contribution in [2.45, 2.75) is 38.6 Å². The Kier molecular flexibility index (Phi) is 3.25. The Morgan fingerprint density at radius 2 is 2.19 bits per heavy atom. The average Bonchev–Trinajstić information content (AvgIpc) is 3.22. The molecule has 112 valence electrons. The number of rotatable bonds is 4. The highest BCUT2D eigenvalue weighted by Crippen LogP contribution is 2.50. The van der Waals surface area contributed by atoms with Crippen molar-refractivity contribution in [1.29, 1.82) is 0 Å². The van der Waals surface area contributed by atoms with Gasteiger partial charge >= 0.3 is 0 Å². The minimum Gasteiger partial charge on any atom is -0.367 e. The number of hydrogen-bond acceptors (Lipinski definition) is 5. The van der Waals surface area contributed by atoms with Gasteiger partial charge in [-0.2, -0.15) is 4.98 Å². The molecule has 2 aliphatic rings. The fourth-order valence-corrected chi connectivity index (χ4v) is 5.07. The molecule has 21 heavy (non-hydrogen) atoms. The van der Waals surface area contributed by atoms with E-state index in [1.807, 2.05) is 7.05 Å². The van der Waals surface area contributed by atoms with Gasteiger partial charge < -0.3 is 10.6 Å². The molecule has 0 amide bonds. The normalized spacial score (nSPS) is 29.0. The zero-order chi connectivity index (χ0) is 14.4. The van der Waals surface area contributed by atoms with Crippen LogP contribution < -0.4 is 10.6 Å². The van der Waals surface area contributed by atoms with Crippen LogP contribution in [0.25, 0.3) is 10.2 Å². The van der Waals surface area contributed by atoms with Crippen molar-refractivity contribution in [2.24, 2.45) is 17.8 Å². The van der Waals surface area contributed by atoms with E-state index in [0.29, 0.717) is 12.0 Å². The summed E-state index contributed by atoms with van der Waals surface area (Å²) in [6.07, 6.45) is 5.74. The second kappa shape index (κ2) is 5.13. The molecule has 0 saturated heterocycles. The standard InChI is InChI=1S/C16H22N4S/c1-9(13-8-10-3-4-11(13)7-10)18-14-12-5-6-21-15(12)20-16(17-2)19-14/h5-6,9-11,13H,3-4,7-8H2,1-2H3,(H2,17,18,19,20). The summed E-state index contributed by atoms with van der Waals surface area (Å²) < 4.78 is 0. The topological polar surface area (TPSA) is 49.8 Å². The van der Waals surface area contributed by atoms with Gasteiger partial charge in [0, 0.05) is 13.1 Å². The quantitative estimate of drug-likeness (QED) is 0.897. The average molecular weight is 302 g/mol. The molecular weight excluding hydrogens is 280 g/mol. The fraction of sp³-hybridized carbons (Fsp3) is 0.625. The zero-order valence-electron chi connectivity index (χ0n) is 12.6. The molecule has 4 unspecified atom stereocenters. The van der Waals surface area contributed by atoms with Crippen LogP contribution in [0.1, 0.15) is 32.6 Å². The summed E-state index contributed by atoms with van der Waals surface area (Å²) in [6, 6.07) is 2.61. The summed E-state index contributed by atoms with van der Waals surface area (Å²) in [7, 11) is 1.87. The van der Waals surface area contributed by atoms with Crippen LogP contribution in [0.4, 0.5) is 11.8 Å². The summed E-state index contributed by atoms with van der Waals surface area (Å²) in [6.45, 7) is 2.32. The molecule has 0 aromatic carbocycles. The number of fused-ring (bicyclic) bond motifs is 3. The molecule has 2 bridgehead atoms. The molecule has 2 aliphatic carbocycles. The van der Waals surface area contributed by atoms with Gasteiger partial charge in [-0.1, -0.05) is 6.42 Å². The van der Waals surface area contributed by atoms with Crippen molar-refractivity contribution >= 4 is 33.3 Å². The first-order chi connectivity index (χ1) is 10.2. The van der Waals surface area contributed by atoms with Gasteiger partial charge in [0.2, 0.25) is 5.95 Å². The lowest BCUT2D eigenvalue weighted by Gasteiger charge is -2.29. The minimum absolute atomic E-state index is 0.489. The van der Waals surface area contributed by atoms with E-state index in [1.165, 1.54) is 25.7 Å². The van der Waals surface area contributed by atoms with E-state index in [2.05, 4.69) is 39.0 Å². The van der Waals surface area contributed by atoms with Crippen molar-refractivity contribution in [3.05, 3.63) is 11.4 Å². The molecule has 2 heterocycles. The van der Waals surface area contributed by atoms with Crippen LogP contribution in [0.3, 0.4) is 0 Å². The molecule has 2 N–H and O–H groups in total. The maximum Gasteiger partial charge on any atom is 0.225 e. The van der Waals surface area contributed by atoms with Crippen LogP contribution >= 0.6 is 11.3 Å². The molecule has 2 aromatic heterocycles. The lowest BCUT2D eigenvalue weighted by molar-refractivity contribution is 0.304. The van der Waals surface area contributed by atoms with Crippen LogP contribution in [0.15, 0.2) is 11.4 Å². The SMILES string of the molecule is CNc1nc(NC(C)C2CC3CCC2C3)c2ccsc2n1. The molecule has 2 saturated carbocycles. The van der Waals surface area contributed by atoms with Crippen LogP contribution in [-0.4, -0.2) is 23.1 Å². The number of hydrogen-bond donors (Lipinski definition) is 2. The molecule has 4 atom stereocenters. The number of nitrogens with one attached hydrogen (secondary N) is 2. The highest BCUT2D eigenvalue weighted by Gasteiger charge is 2.41. The third-order valence-corrected chi connectivity index (χ3v) is 6.15. The molecule has 2 fully saturated rings.